The van der Waals surface area contributed by atoms with Crippen LogP contribution >= 0.6 is 0 Å². The van der Waals surface area contributed by atoms with Gasteiger partial charge in [-0.05, 0) is 25.0 Å². The molecule has 4 rings (SSSR count). The Balaban J connectivity index is 1.48. The first kappa shape index (κ1) is 17.2. The average molecular weight is 354 g/mol. The molecule has 1 aliphatic carbocycles. The van der Waals surface area contributed by atoms with Crippen LogP contribution < -0.4 is 15.5 Å². The molecule has 1 saturated carbocycles. The zero-order valence-electron chi connectivity index (χ0n) is 15.2. The highest BCUT2D eigenvalue weighted by Gasteiger charge is 2.30. The first-order valence-electron chi connectivity index (χ1n) is 9.25. The van der Waals surface area contributed by atoms with Crippen molar-refractivity contribution in [2.45, 2.75) is 31.4 Å². The number of hydrogen-bond donors (Lipinski definition) is 1. The van der Waals surface area contributed by atoms with Gasteiger partial charge in [-0.2, -0.15) is 0 Å². The molecule has 2 aliphatic rings. The Morgan fingerprint density at radius 2 is 1.77 bits per heavy atom. The van der Waals surface area contributed by atoms with Crippen LogP contribution in [0.4, 0.5) is 11.5 Å². The number of hydrogen-bond acceptors (Lipinski definition) is 7. The molecule has 0 aromatic carbocycles. The minimum atomic E-state index is 0.313. The largest absolute Gasteiger partial charge is 0.377 e. The molecule has 1 saturated heterocycles. The second kappa shape index (κ2) is 7.55. The van der Waals surface area contributed by atoms with Crippen molar-refractivity contribution in [1.29, 1.82) is 0 Å². The van der Waals surface area contributed by atoms with Gasteiger partial charge < -0.3 is 20.3 Å². The van der Waals surface area contributed by atoms with E-state index in [-0.39, 0.29) is 0 Å². The van der Waals surface area contributed by atoms with Gasteiger partial charge in [-0.15, -0.1) is 0 Å². The van der Waals surface area contributed by atoms with E-state index < -0.39 is 0 Å². The second-order valence-corrected chi connectivity index (χ2v) is 7.11. The average Bonchev–Trinajstić information content (AvgIpc) is 2.66. The van der Waals surface area contributed by atoms with Crippen LogP contribution in [0, 0.1) is 0 Å². The van der Waals surface area contributed by atoms with Crippen LogP contribution in [0.5, 0.6) is 0 Å². The van der Waals surface area contributed by atoms with Crippen molar-refractivity contribution in [2.75, 3.05) is 43.1 Å². The molecule has 1 aliphatic heterocycles. The van der Waals surface area contributed by atoms with E-state index in [0.717, 1.165) is 56.4 Å². The van der Waals surface area contributed by atoms with E-state index in [1.807, 2.05) is 12.4 Å². The monoisotopic (exact) mass is 354 g/mol. The minimum Gasteiger partial charge on any atom is -0.377 e. The molecule has 0 unspecified atom stereocenters. The van der Waals surface area contributed by atoms with Crippen molar-refractivity contribution in [3.63, 3.8) is 0 Å². The van der Waals surface area contributed by atoms with Gasteiger partial charge in [0, 0.05) is 75.1 Å². The van der Waals surface area contributed by atoms with Crippen molar-refractivity contribution < 1.29 is 4.74 Å². The van der Waals surface area contributed by atoms with Gasteiger partial charge in [0.1, 0.15) is 12.4 Å². The van der Waals surface area contributed by atoms with E-state index >= 15 is 0 Å². The lowest BCUT2D eigenvalue weighted by molar-refractivity contribution is 0.177. The summed E-state index contributed by atoms with van der Waals surface area (Å²) in [6, 6.07) is 6.59. The van der Waals surface area contributed by atoms with Gasteiger partial charge in [0.25, 0.3) is 0 Å². The molecule has 138 valence electrons. The Kier molecular flexibility index (Phi) is 4.99. The highest BCUT2D eigenvalue weighted by atomic mass is 16.5. The Hall–Kier alpha value is -2.25. The van der Waals surface area contributed by atoms with Crippen molar-refractivity contribution in [3.05, 3.63) is 42.1 Å². The van der Waals surface area contributed by atoms with E-state index in [1.54, 1.807) is 7.11 Å². The fraction of sp³-hybridized carbons (Fsp3) is 0.526. The van der Waals surface area contributed by atoms with E-state index in [9.17, 15) is 0 Å². The third kappa shape index (κ3) is 3.64. The van der Waals surface area contributed by atoms with Gasteiger partial charge in [-0.1, -0.05) is 0 Å². The molecule has 7 nitrogen and oxygen atoms in total. The number of anilines is 2. The SMILES string of the molecule is COCc1nc(C2CC(N)C2)cc(N2CCN(c3ccncc3)CC2)n1. The lowest BCUT2D eigenvalue weighted by Crippen LogP contribution is -2.47. The van der Waals surface area contributed by atoms with E-state index in [4.69, 9.17) is 20.4 Å². The number of nitrogens with two attached hydrogens (primary N) is 1. The Bertz CT molecular complexity index is 726. The molecule has 2 aromatic rings. The number of aromatic nitrogens is 3. The first-order valence-corrected chi connectivity index (χ1v) is 9.25. The third-order valence-electron chi connectivity index (χ3n) is 5.28. The summed E-state index contributed by atoms with van der Waals surface area (Å²) in [5.74, 6) is 2.23. The van der Waals surface area contributed by atoms with Gasteiger partial charge in [0.2, 0.25) is 0 Å². The molecule has 0 atom stereocenters. The second-order valence-electron chi connectivity index (χ2n) is 7.11. The number of nitrogens with zero attached hydrogens (tertiary/aromatic N) is 5. The smallest absolute Gasteiger partial charge is 0.156 e. The minimum absolute atomic E-state index is 0.313. The van der Waals surface area contributed by atoms with E-state index in [2.05, 4.69) is 33.0 Å². The molecule has 2 fully saturated rings. The summed E-state index contributed by atoms with van der Waals surface area (Å²) in [5.41, 5.74) is 8.31. The summed E-state index contributed by atoms with van der Waals surface area (Å²) in [6.45, 7) is 4.26. The van der Waals surface area contributed by atoms with E-state index in [1.165, 1.54) is 5.69 Å². The molecule has 0 bridgehead atoms. The van der Waals surface area contributed by atoms with Crippen LogP contribution in [0.2, 0.25) is 0 Å². The summed E-state index contributed by atoms with van der Waals surface area (Å²) in [5, 5.41) is 0. The molecule has 7 heteroatoms. The summed E-state index contributed by atoms with van der Waals surface area (Å²) in [4.78, 5) is 18.3. The van der Waals surface area contributed by atoms with Crippen LogP contribution in [-0.4, -0.2) is 54.3 Å². The molecule has 0 amide bonds. The van der Waals surface area contributed by atoms with Gasteiger partial charge in [-0.25, -0.2) is 9.97 Å². The summed E-state index contributed by atoms with van der Waals surface area (Å²) in [7, 11) is 1.68. The molecule has 2 aromatic heterocycles. The normalized spacial score (nSPS) is 23.0. The summed E-state index contributed by atoms with van der Waals surface area (Å²) >= 11 is 0. The number of piperazine rings is 1. The van der Waals surface area contributed by atoms with Crippen LogP contribution in [0.15, 0.2) is 30.6 Å². The zero-order valence-corrected chi connectivity index (χ0v) is 15.2. The summed E-state index contributed by atoms with van der Waals surface area (Å²) < 4.78 is 5.27. The van der Waals surface area contributed by atoms with Crippen LogP contribution in [0.25, 0.3) is 0 Å². The Morgan fingerprint density at radius 3 is 2.42 bits per heavy atom. The van der Waals surface area contributed by atoms with Gasteiger partial charge in [0.15, 0.2) is 5.82 Å². The molecular weight excluding hydrogens is 328 g/mol. The zero-order chi connectivity index (χ0) is 17.9. The Labute approximate surface area is 154 Å². The molecule has 26 heavy (non-hydrogen) atoms. The highest BCUT2D eigenvalue weighted by molar-refractivity contribution is 5.49. The van der Waals surface area contributed by atoms with Crippen LogP contribution in [-0.2, 0) is 11.3 Å². The lowest BCUT2D eigenvalue weighted by atomic mass is 9.78. The lowest BCUT2D eigenvalue weighted by Gasteiger charge is -2.37. The maximum absolute atomic E-state index is 5.97. The molecular formula is C19H26N6O. The van der Waals surface area contributed by atoms with Crippen molar-refractivity contribution in [1.82, 2.24) is 15.0 Å². The number of rotatable bonds is 5. The Morgan fingerprint density at radius 1 is 1.08 bits per heavy atom. The quantitative estimate of drug-likeness (QED) is 0.872. The number of pyridine rings is 1. The molecule has 0 radical (unpaired) electrons. The van der Waals surface area contributed by atoms with Crippen LogP contribution in [0.1, 0.15) is 30.3 Å². The molecule has 2 N–H and O–H groups in total. The van der Waals surface area contributed by atoms with Crippen LogP contribution in [0.3, 0.4) is 0 Å². The van der Waals surface area contributed by atoms with E-state index in [0.29, 0.717) is 18.6 Å². The van der Waals surface area contributed by atoms with Gasteiger partial charge in [-0.3, -0.25) is 4.98 Å². The number of methoxy groups -OCH3 is 1. The predicted molar refractivity (Wildman–Crippen MR) is 101 cm³/mol. The fourth-order valence-electron chi connectivity index (χ4n) is 3.72. The summed E-state index contributed by atoms with van der Waals surface area (Å²) in [6.07, 6.45) is 5.72. The van der Waals surface area contributed by atoms with Gasteiger partial charge >= 0.3 is 0 Å². The standard InChI is InChI=1S/C19H26N6O/c1-26-13-18-22-17(14-10-15(20)11-14)12-19(23-18)25-8-6-24(7-9-25)16-2-4-21-5-3-16/h2-5,12,14-15H,6-11,13,20H2,1H3. The van der Waals surface area contributed by atoms with Crippen molar-refractivity contribution >= 4 is 11.5 Å². The topological polar surface area (TPSA) is 80.4 Å². The molecule has 3 heterocycles. The number of ether oxygens (including phenoxy) is 1. The molecule has 0 spiro atoms. The van der Waals surface area contributed by atoms with Gasteiger partial charge in [0.05, 0.1) is 0 Å². The predicted octanol–water partition coefficient (Wildman–Crippen LogP) is 1.55. The maximum atomic E-state index is 5.97. The fourth-order valence-corrected chi connectivity index (χ4v) is 3.72. The first-order chi connectivity index (χ1) is 12.7. The van der Waals surface area contributed by atoms with Crippen molar-refractivity contribution in [2.24, 2.45) is 5.73 Å². The highest BCUT2D eigenvalue weighted by Crippen LogP contribution is 2.35. The van der Waals surface area contributed by atoms with Crippen molar-refractivity contribution in [3.8, 4) is 0 Å². The third-order valence-corrected chi connectivity index (χ3v) is 5.28. The maximum Gasteiger partial charge on any atom is 0.156 e.